The van der Waals surface area contributed by atoms with E-state index in [-0.39, 0.29) is 5.91 Å². The highest BCUT2D eigenvalue weighted by molar-refractivity contribution is 7.17. The number of carboxylic acids is 1. The number of hydrogen-bond donors (Lipinski definition) is 2. The van der Waals surface area contributed by atoms with Crippen LogP contribution in [0.25, 0.3) is 11.1 Å². The van der Waals surface area contributed by atoms with Crippen molar-refractivity contribution >= 4 is 28.2 Å². The number of rotatable bonds is 5. The Morgan fingerprint density at radius 2 is 1.86 bits per heavy atom. The first-order chi connectivity index (χ1) is 13.5. The number of allylic oxidation sites excluding steroid dienone is 2. The zero-order valence-electron chi connectivity index (χ0n) is 15.6. The SMILES string of the molecule is COc1ccc(-c2c(C)sc(NC(=O)[C@H]3CC=CC[C@H]3C(=O)O)c2C#N)cc1. The largest absolute Gasteiger partial charge is 0.497 e. The highest BCUT2D eigenvalue weighted by Gasteiger charge is 2.34. The number of methoxy groups -OCH3 is 1. The average Bonchev–Trinajstić information content (AvgIpc) is 3.02. The smallest absolute Gasteiger partial charge is 0.307 e. The van der Waals surface area contributed by atoms with Crippen molar-refractivity contribution in [2.45, 2.75) is 19.8 Å². The third-order valence-electron chi connectivity index (χ3n) is 4.90. The Hall–Kier alpha value is -3.11. The minimum Gasteiger partial charge on any atom is -0.497 e. The Morgan fingerprint density at radius 1 is 1.21 bits per heavy atom. The van der Waals surface area contributed by atoms with Crippen LogP contribution < -0.4 is 10.1 Å². The third-order valence-corrected chi connectivity index (χ3v) is 5.92. The quantitative estimate of drug-likeness (QED) is 0.738. The lowest BCUT2D eigenvalue weighted by Gasteiger charge is -2.23. The summed E-state index contributed by atoms with van der Waals surface area (Å²) in [5.74, 6) is -2.03. The van der Waals surface area contributed by atoms with Crippen molar-refractivity contribution in [3.63, 3.8) is 0 Å². The lowest BCUT2D eigenvalue weighted by molar-refractivity contribution is -0.146. The fourth-order valence-electron chi connectivity index (χ4n) is 3.43. The number of nitrogens with zero attached hydrogens (tertiary/aromatic N) is 1. The van der Waals surface area contributed by atoms with Crippen LogP contribution in [0.2, 0.25) is 0 Å². The number of thiophene rings is 1. The van der Waals surface area contributed by atoms with Gasteiger partial charge in [-0.05, 0) is 37.5 Å². The minimum absolute atomic E-state index is 0.332. The topological polar surface area (TPSA) is 99.4 Å². The molecule has 0 saturated carbocycles. The number of anilines is 1. The molecule has 2 atom stereocenters. The molecule has 0 bridgehead atoms. The molecule has 0 aliphatic heterocycles. The molecule has 1 amide bonds. The molecule has 1 aliphatic carbocycles. The van der Waals surface area contributed by atoms with Gasteiger partial charge in [0.1, 0.15) is 16.8 Å². The molecular formula is C21H20N2O4S. The first-order valence-corrected chi connectivity index (χ1v) is 9.64. The summed E-state index contributed by atoms with van der Waals surface area (Å²) in [5.41, 5.74) is 2.01. The van der Waals surface area contributed by atoms with E-state index >= 15 is 0 Å². The molecule has 6 nitrogen and oxygen atoms in total. The van der Waals surface area contributed by atoms with E-state index in [0.29, 0.717) is 29.2 Å². The number of carbonyl (C=O) groups excluding carboxylic acids is 1. The second-order valence-corrected chi connectivity index (χ2v) is 7.79. The number of nitriles is 1. The Morgan fingerprint density at radius 3 is 2.43 bits per heavy atom. The van der Waals surface area contributed by atoms with E-state index in [2.05, 4.69) is 11.4 Å². The highest BCUT2D eigenvalue weighted by Crippen LogP contribution is 2.40. The number of amides is 1. The highest BCUT2D eigenvalue weighted by atomic mass is 32.1. The van der Waals surface area contributed by atoms with Gasteiger partial charge in [-0.1, -0.05) is 24.3 Å². The molecule has 3 rings (SSSR count). The van der Waals surface area contributed by atoms with Gasteiger partial charge in [-0.15, -0.1) is 11.3 Å². The first-order valence-electron chi connectivity index (χ1n) is 8.82. The van der Waals surface area contributed by atoms with Crippen LogP contribution in [0, 0.1) is 30.1 Å². The normalized spacial score (nSPS) is 18.3. The number of nitrogens with one attached hydrogen (secondary N) is 1. The van der Waals surface area contributed by atoms with Crippen molar-refractivity contribution in [1.29, 1.82) is 5.26 Å². The number of carboxylic acid groups (broad SMARTS) is 1. The molecule has 1 heterocycles. The molecule has 28 heavy (non-hydrogen) atoms. The van der Waals surface area contributed by atoms with Crippen molar-refractivity contribution in [2.24, 2.45) is 11.8 Å². The van der Waals surface area contributed by atoms with Crippen LogP contribution in [-0.2, 0) is 9.59 Å². The van der Waals surface area contributed by atoms with Crippen molar-refractivity contribution in [3.05, 3.63) is 46.9 Å². The maximum absolute atomic E-state index is 12.8. The van der Waals surface area contributed by atoms with E-state index in [1.165, 1.54) is 11.3 Å². The summed E-state index contributed by atoms with van der Waals surface area (Å²) in [6.07, 6.45) is 4.33. The number of aliphatic carboxylic acids is 1. The van der Waals surface area contributed by atoms with E-state index in [1.54, 1.807) is 13.2 Å². The number of aryl methyl sites for hydroxylation is 1. The van der Waals surface area contributed by atoms with E-state index in [9.17, 15) is 20.0 Å². The van der Waals surface area contributed by atoms with Crippen molar-refractivity contribution in [2.75, 3.05) is 12.4 Å². The maximum atomic E-state index is 12.8. The van der Waals surface area contributed by atoms with Gasteiger partial charge in [-0.3, -0.25) is 9.59 Å². The van der Waals surface area contributed by atoms with Gasteiger partial charge >= 0.3 is 5.97 Å². The number of hydrogen-bond acceptors (Lipinski definition) is 5. The molecule has 144 valence electrons. The summed E-state index contributed by atoms with van der Waals surface area (Å²) >= 11 is 1.32. The van der Waals surface area contributed by atoms with Crippen molar-refractivity contribution in [3.8, 4) is 22.9 Å². The monoisotopic (exact) mass is 396 g/mol. The lowest BCUT2D eigenvalue weighted by atomic mass is 9.82. The van der Waals surface area contributed by atoms with Crippen LogP contribution in [0.3, 0.4) is 0 Å². The van der Waals surface area contributed by atoms with Gasteiger partial charge in [-0.2, -0.15) is 5.26 Å². The molecule has 0 fully saturated rings. The molecule has 0 radical (unpaired) electrons. The second kappa shape index (κ2) is 8.28. The number of ether oxygens (including phenoxy) is 1. The zero-order chi connectivity index (χ0) is 20.3. The molecule has 1 aromatic carbocycles. The molecule has 0 unspecified atom stereocenters. The van der Waals surface area contributed by atoms with Gasteiger partial charge in [0, 0.05) is 10.4 Å². The van der Waals surface area contributed by atoms with Gasteiger partial charge < -0.3 is 15.2 Å². The van der Waals surface area contributed by atoms with Crippen LogP contribution in [-0.4, -0.2) is 24.1 Å². The van der Waals surface area contributed by atoms with Crippen LogP contribution in [0.15, 0.2) is 36.4 Å². The van der Waals surface area contributed by atoms with E-state index in [1.807, 2.05) is 37.3 Å². The number of carbonyl (C=O) groups is 2. The molecule has 1 aromatic heterocycles. The first kappa shape index (κ1) is 19.6. The zero-order valence-corrected chi connectivity index (χ0v) is 16.4. The van der Waals surface area contributed by atoms with Crippen molar-refractivity contribution in [1.82, 2.24) is 0 Å². The Balaban J connectivity index is 1.91. The minimum atomic E-state index is -0.980. The Bertz CT molecular complexity index is 970. The molecule has 0 spiro atoms. The van der Waals surface area contributed by atoms with Crippen LogP contribution in [0.4, 0.5) is 5.00 Å². The second-order valence-electron chi connectivity index (χ2n) is 6.56. The average molecular weight is 396 g/mol. The molecule has 2 aromatic rings. The predicted octanol–water partition coefficient (Wildman–Crippen LogP) is 4.21. The summed E-state index contributed by atoms with van der Waals surface area (Å²) < 4.78 is 5.17. The van der Waals surface area contributed by atoms with Crippen LogP contribution >= 0.6 is 11.3 Å². The summed E-state index contributed by atoms with van der Waals surface area (Å²) in [6, 6.07) is 9.56. The summed E-state index contributed by atoms with van der Waals surface area (Å²) in [7, 11) is 1.59. The van der Waals surface area contributed by atoms with Gasteiger partial charge in [0.2, 0.25) is 5.91 Å². The molecule has 0 saturated heterocycles. The van der Waals surface area contributed by atoms with Crippen LogP contribution in [0.1, 0.15) is 23.3 Å². The van der Waals surface area contributed by atoms with Gasteiger partial charge in [0.05, 0.1) is 24.5 Å². The standard InChI is InChI=1S/C21H20N2O4S/c1-12-18(13-7-9-14(27-2)10-8-13)17(11-22)20(28-12)23-19(24)15-5-3-4-6-16(15)21(25)26/h3-4,7-10,15-16H,5-6H2,1-2H3,(H,23,24)(H,25,26)/t15-,16+/m0/s1. The Kier molecular flexibility index (Phi) is 5.81. The molecular weight excluding hydrogens is 376 g/mol. The van der Waals surface area contributed by atoms with Gasteiger partial charge in [0.15, 0.2) is 0 Å². The number of benzene rings is 1. The predicted molar refractivity (Wildman–Crippen MR) is 107 cm³/mol. The van der Waals surface area contributed by atoms with Gasteiger partial charge in [0.25, 0.3) is 0 Å². The summed E-state index contributed by atoms with van der Waals surface area (Å²) in [4.78, 5) is 25.1. The Labute approximate surface area is 167 Å². The fourth-order valence-corrected chi connectivity index (χ4v) is 4.46. The van der Waals surface area contributed by atoms with E-state index in [4.69, 9.17) is 4.74 Å². The fraction of sp³-hybridized carbons (Fsp3) is 0.286. The third kappa shape index (κ3) is 3.78. The maximum Gasteiger partial charge on any atom is 0.307 e. The van der Waals surface area contributed by atoms with Crippen molar-refractivity contribution < 1.29 is 19.4 Å². The molecule has 2 N–H and O–H groups in total. The van der Waals surface area contributed by atoms with E-state index in [0.717, 1.165) is 16.0 Å². The van der Waals surface area contributed by atoms with E-state index < -0.39 is 17.8 Å². The summed E-state index contributed by atoms with van der Waals surface area (Å²) in [6.45, 7) is 1.89. The summed E-state index contributed by atoms with van der Waals surface area (Å²) in [5, 5.41) is 22.4. The molecule has 7 heteroatoms. The van der Waals surface area contributed by atoms with Gasteiger partial charge in [-0.25, -0.2) is 0 Å². The van der Waals surface area contributed by atoms with Crippen LogP contribution in [0.5, 0.6) is 5.75 Å². The molecule has 1 aliphatic rings. The lowest BCUT2D eigenvalue weighted by Crippen LogP contribution is -2.34.